The first-order valence-corrected chi connectivity index (χ1v) is 9.47. The molecule has 0 aliphatic carbocycles. The summed E-state index contributed by atoms with van der Waals surface area (Å²) in [7, 11) is 0. The number of fused-ring (bicyclic) bond motifs is 1. The number of aromatic nitrogens is 2. The van der Waals surface area contributed by atoms with E-state index in [-0.39, 0.29) is 12.5 Å². The highest BCUT2D eigenvalue weighted by molar-refractivity contribution is 7.17. The summed E-state index contributed by atoms with van der Waals surface area (Å²) in [6, 6.07) is 9.74. The third-order valence-corrected chi connectivity index (χ3v) is 5.28. The van der Waals surface area contributed by atoms with Gasteiger partial charge in [0.25, 0.3) is 11.8 Å². The Bertz CT molecular complexity index is 936. The first kappa shape index (κ1) is 17.8. The van der Waals surface area contributed by atoms with Gasteiger partial charge in [-0.15, -0.1) is 11.3 Å². The first-order chi connectivity index (χ1) is 13.2. The fourth-order valence-electron chi connectivity index (χ4n) is 2.94. The van der Waals surface area contributed by atoms with Crippen LogP contribution in [0.2, 0.25) is 0 Å². The molecule has 2 aromatic heterocycles. The zero-order valence-corrected chi connectivity index (χ0v) is 15.7. The van der Waals surface area contributed by atoms with Crippen LogP contribution in [0.15, 0.2) is 34.9 Å². The summed E-state index contributed by atoms with van der Waals surface area (Å²) in [6.45, 7) is 3.29. The lowest BCUT2D eigenvalue weighted by Crippen LogP contribution is -2.18. The van der Waals surface area contributed by atoms with E-state index in [9.17, 15) is 4.79 Å². The van der Waals surface area contributed by atoms with E-state index >= 15 is 0 Å². The number of hydrogen-bond donors (Lipinski definition) is 1. The maximum atomic E-state index is 12.4. The van der Waals surface area contributed by atoms with Gasteiger partial charge in [0, 0.05) is 4.88 Å². The molecule has 0 fully saturated rings. The molecule has 1 aliphatic rings. The van der Waals surface area contributed by atoms with Gasteiger partial charge in [0.05, 0.1) is 25.4 Å². The quantitative estimate of drug-likeness (QED) is 0.700. The molecule has 1 aromatic carbocycles. The van der Waals surface area contributed by atoms with Crippen molar-refractivity contribution in [2.24, 2.45) is 0 Å². The smallest absolute Gasteiger partial charge is 0.261 e. The maximum Gasteiger partial charge on any atom is 0.261 e. The number of nitrogens with zero attached hydrogens (tertiary/aromatic N) is 2. The molecule has 0 saturated heterocycles. The number of anilines is 1. The fraction of sp³-hybridized carbons (Fsp3) is 0.316. The standard InChI is InChI=1S/C19H19N3O4S/c1-12-20-18(26-22-12)17-14-7-8-24-10-15(14)27-19(17)21-16(23)11-25-9-13-5-3-2-4-6-13/h2-6H,7-11H2,1H3,(H,21,23). The van der Waals surface area contributed by atoms with Crippen molar-refractivity contribution in [3.8, 4) is 11.5 Å². The molecule has 0 radical (unpaired) electrons. The van der Waals surface area contributed by atoms with Gasteiger partial charge in [-0.25, -0.2) is 0 Å². The van der Waals surface area contributed by atoms with Gasteiger partial charge in [0.15, 0.2) is 5.82 Å². The van der Waals surface area contributed by atoms with Gasteiger partial charge in [-0.1, -0.05) is 35.5 Å². The Morgan fingerprint density at radius 3 is 2.96 bits per heavy atom. The number of carbonyl (C=O) groups excluding carboxylic acids is 1. The molecule has 1 N–H and O–H groups in total. The zero-order chi connectivity index (χ0) is 18.6. The number of thiophene rings is 1. The number of amides is 1. The van der Waals surface area contributed by atoms with E-state index in [0.717, 1.165) is 28.0 Å². The number of nitrogens with one attached hydrogen (secondary N) is 1. The predicted molar refractivity (Wildman–Crippen MR) is 100 cm³/mol. The second-order valence-corrected chi connectivity index (χ2v) is 7.29. The van der Waals surface area contributed by atoms with Crippen LogP contribution in [0.5, 0.6) is 0 Å². The second kappa shape index (κ2) is 7.99. The lowest BCUT2D eigenvalue weighted by atomic mass is 10.1. The molecule has 0 bridgehead atoms. The third-order valence-electron chi connectivity index (χ3n) is 4.16. The molecule has 0 saturated carbocycles. The number of benzene rings is 1. The van der Waals surface area contributed by atoms with E-state index in [2.05, 4.69) is 15.5 Å². The van der Waals surface area contributed by atoms with Gasteiger partial charge >= 0.3 is 0 Å². The second-order valence-electron chi connectivity index (χ2n) is 6.18. The van der Waals surface area contributed by atoms with E-state index in [1.807, 2.05) is 30.3 Å². The molecule has 4 rings (SSSR count). The predicted octanol–water partition coefficient (Wildman–Crippen LogP) is 3.33. The monoisotopic (exact) mass is 385 g/mol. The molecule has 0 unspecified atom stereocenters. The Balaban J connectivity index is 1.48. The van der Waals surface area contributed by atoms with E-state index < -0.39 is 0 Å². The molecule has 0 spiro atoms. The molecule has 140 valence electrons. The minimum absolute atomic E-state index is 0.0315. The van der Waals surface area contributed by atoms with Crippen molar-refractivity contribution >= 4 is 22.2 Å². The summed E-state index contributed by atoms with van der Waals surface area (Å²) in [6.07, 6.45) is 0.753. The van der Waals surface area contributed by atoms with Crippen molar-refractivity contribution in [1.29, 1.82) is 0 Å². The van der Waals surface area contributed by atoms with Crippen LogP contribution in [0, 0.1) is 6.92 Å². The van der Waals surface area contributed by atoms with E-state index in [4.69, 9.17) is 14.0 Å². The molecule has 1 amide bonds. The van der Waals surface area contributed by atoms with Crippen LogP contribution in [0.25, 0.3) is 11.5 Å². The lowest BCUT2D eigenvalue weighted by molar-refractivity contribution is -0.120. The Hall–Kier alpha value is -2.55. The van der Waals surface area contributed by atoms with Gasteiger partial charge < -0.3 is 19.3 Å². The average molecular weight is 385 g/mol. The highest BCUT2D eigenvalue weighted by Crippen LogP contribution is 2.42. The highest BCUT2D eigenvalue weighted by atomic mass is 32.1. The van der Waals surface area contributed by atoms with Gasteiger partial charge in [0.2, 0.25) is 0 Å². The number of rotatable bonds is 6. The molecule has 7 nitrogen and oxygen atoms in total. The fourth-order valence-corrected chi connectivity index (χ4v) is 4.14. The topological polar surface area (TPSA) is 86.5 Å². The molecule has 0 atom stereocenters. The van der Waals surface area contributed by atoms with Crippen molar-refractivity contribution in [3.05, 3.63) is 52.2 Å². The van der Waals surface area contributed by atoms with Crippen LogP contribution in [0.4, 0.5) is 5.00 Å². The van der Waals surface area contributed by atoms with Gasteiger partial charge in [0.1, 0.15) is 11.6 Å². The van der Waals surface area contributed by atoms with Crippen LogP contribution < -0.4 is 5.32 Å². The average Bonchev–Trinajstić information content (AvgIpc) is 3.25. The first-order valence-electron chi connectivity index (χ1n) is 8.65. The van der Waals surface area contributed by atoms with Crippen molar-refractivity contribution in [2.75, 3.05) is 18.5 Å². The summed E-state index contributed by atoms with van der Waals surface area (Å²) in [5.74, 6) is 0.760. The maximum absolute atomic E-state index is 12.4. The molecule has 3 heterocycles. The molecular weight excluding hydrogens is 366 g/mol. The summed E-state index contributed by atoms with van der Waals surface area (Å²) in [5, 5.41) is 7.50. The van der Waals surface area contributed by atoms with Crippen LogP contribution in [0.1, 0.15) is 21.8 Å². The summed E-state index contributed by atoms with van der Waals surface area (Å²) < 4.78 is 16.4. The summed E-state index contributed by atoms with van der Waals surface area (Å²) >= 11 is 1.48. The SMILES string of the molecule is Cc1noc(-c2c(NC(=O)COCc3ccccc3)sc3c2CCOC3)n1. The minimum atomic E-state index is -0.220. The molecule has 8 heteroatoms. The number of ether oxygens (including phenoxy) is 2. The molecular formula is C19H19N3O4S. The van der Waals surface area contributed by atoms with Crippen LogP contribution in [0.3, 0.4) is 0 Å². The largest absolute Gasteiger partial charge is 0.376 e. The Kier molecular flexibility index (Phi) is 5.28. The van der Waals surface area contributed by atoms with Crippen molar-refractivity contribution in [1.82, 2.24) is 10.1 Å². The van der Waals surface area contributed by atoms with Gasteiger partial charge in [-0.2, -0.15) is 4.98 Å². The van der Waals surface area contributed by atoms with Crippen molar-refractivity contribution < 1.29 is 18.8 Å². The van der Waals surface area contributed by atoms with E-state index in [0.29, 0.717) is 36.5 Å². The van der Waals surface area contributed by atoms with E-state index in [1.54, 1.807) is 6.92 Å². The van der Waals surface area contributed by atoms with Crippen molar-refractivity contribution in [3.63, 3.8) is 0 Å². The van der Waals surface area contributed by atoms with Crippen LogP contribution >= 0.6 is 11.3 Å². The summed E-state index contributed by atoms with van der Waals surface area (Å²) in [5.41, 5.74) is 2.93. The molecule has 1 aliphatic heterocycles. The van der Waals surface area contributed by atoms with Crippen LogP contribution in [-0.4, -0.2) is 29.3 Å². The number of carbonyl (C=O) groups is 1. The normalized spacial score (nSPS) is 13.4. The zero-order valence-electron chi connectivity index (χ0n) is 14.9. The lowest BCUT2D eigenvalue weighted by Gasteiger charge is -2.12. The van der Waals surface area contributed by atoms with Crippen molar-refractivity contribution in [2.45, 2.75) is 26.6 Å². The Morgan fingerprint density at radius 1 is 1.33 bits per heavy atom. The summed E-state index contributed by atoms with van der Waals surface area (Å²) in [4.78, 5) is 17.8. The molecule has 27 heavy (non-hydrogen) atoms. The third kappa shape index (κ3) is 4.08. The Labute approximate surface area is 160 Å². The number of aryl methyl sites for hydroxylation is 1. The molecule has 3 aromatic rings. The van der Waals surface area contributed by atoms with Crippen LogP contribution in [-0.2, 0) is 33.9 Å². The van der Waals surface area contributed by atoms with Gasteiger partial charge in [-0.3, -0.25) is 4.79 Å². The highest BCUT2D eigenvalue weighted by Gasteiger charge is 2.26. The number of hydrogen-bond acceptors (Lipinski definition) is 7. The Morgan fingerprint density at radius 2 is 2.19 bits per heavy atom. The van der Waals surface area contributed by atoms with Gasteiger partial charge in [-0.05, 0) is 24.5 Å². The van der Waals surface area contributed by atoms with E-state index in [1.165, 1.54) is 11.3 Å². The minimum Gasteiger partial charge on any atom is -0.376 e.